The fourth-order valence-electron chi connectivity index (χ4n) is 1.76. The maximum absolute atomic E-state index is 11.7. The van der Waals surface area contributed by atoms with Gasteiger partial charge in [0.15, 0.2) is 0 Å². The molecule has 1 aliphatic rings. The van der Waals surface area contributed by atoms with E-state index < -0.39 is 11.8 Å². The topological polar surface area (TPSA) is 82.9 Å². The second-order valence-corrected chi connectivity index (χ2v) is 5.23. The molecule has 1 unspecified atom stereocenters. The molecule has 0 bridgehead atoms. The van der Waals surface area contributed by atoms with Crippen molar-refractivity contribution in [1.82, 2.24) is 10.9 Å². The van der Waals surface area contributed by atoms with Crippen molar-refractivity contribution in [3.8, 4) is 0 Å². The summed E-state index contributed by atoms with van der Waals surface area (Å²) in [6.07, 6.45) is 1.34. The van der Waals surface area contributed by atoms with Crippen molar-refractivity contribution in [2.24, 2.45) is 16.1 Å². The lowest BCUT2D eigenvalue weighted by molar-refractivity contribution is -0.127. The Labute approximate surface area is 131 Å². The molecule has 6 nitrogen and oxygen atoms in total. The first-order chi connectivity index (χ1) is 9.99. The second kappa shape index (κ2) is 6.69. The van der Waals surface area contributed by atoms with E-state index in [4.69, 9.17) is 23.2 Å². The Morgan fingerprint density at radius 3 is 2.71 bits per heavy atom. The van der Waals surface area contributed by atoms with Crippen LogP contribution in [-0.2, 0) is 9.59 Å². The van der Waals surface area contributed by atoms with Crippen molar-refractivity contribution >= 4 is 46.9 Å². The number of amides is 2. The second-order valence-electron chi connectivity index (χ2n) is 4.41. The SMILES string of the molecule is CC1=NNC(=O)C1CC(=O)N/N=C/c1c(Cl)cccc1Cl. The van der Waals surface area contributed by atoms with E-state index in [0.29, 0.717) is 21.3 Å². The van der Waals surface area contributed by atoms with Crippen molar-refractivity contribution in [1.29, 1.82) is 0 Å². The van der Waals surface area contributed by atoms with Crippen LogP contribution < -0.4 is 10.9 Å². The molecule has 0 saturated heterocycles. The first kappa shape index (κ1) is 15.5. The van der Waals surface area contributed by atoms with Gasteiger partial charge in [0, 0.05) is 17.7 Å². The number of hydrogen-bond donors (Lipinski definition) is 2. The minimum absolute atomic E-state index is 0.0191. The van der Waals surface area contributed by atoms with Gasteiger partial charge in [0.2, 0.25) is 11.8 Å². The van der Waals surface area contributed by atoms with Gasteiger partial charge in [-0.05, 0) is 19.1 Å². The zero-order valence-corrected chi connectivity index (χ0v) is 12.6. The lowest BCUT2D eigenvalue weighted by atomic mass is 10.0. The Kier molecular flexibility index (Phi) is 4.93. The molecular weight excluding hydrogens is 315 g/mol. The number of halogens is 2. The molecule has 110 valence electrons. The number of carbonyl (C=O) groups excluding carboxylic acids is 2. The minimum Gasteiger partial charge on any atom is -0.273 e. The number of nitrogens with zero attached hydrogens (tertiary/aromatic N) is 2. The molecule has 0 aromatic heterocycles. The van der Waals surface area contributed by atoms with Crippen molar-refractivity contribution in [3.63, 3.8) is 0 Å². The molecule has 1 aromatic carbocycles. The minimum atomic E-state index is -0.552. The van der Waals surface area contributed by atoms with Crippen LogP contribution in [0, 0.1) is 5.92 Å². The van der Waals surface area contributed by atoms with Gasteiger partial charge in [-0.3, -0.25) is 9.59 Å². The van der Waals surface area contributed by atoms with Crippen LogP contribution in [0.1, 0.15) is 18.9 Å². The lowest BCUT2D eigenvalue weighted by Crippen LogP contribution is -2.29. The predicted octanol–water partition coefficient (Wildman–Crippen LogP) is 1.96. The largest absolute Gasteiger partial charge is 0.273 e. The highest BCUT2D eigenvalue weighted by Gasteiger charge is 2.28. The monoisotopic (exact) mass is 326 g/mol. The van der Waals surface area contributed by atoms with Gasteiger partial charge in [0.25, 0.3) is 0 Å². The van der Waals surface area contributed by atoms with E-state index in [0.717, 1.165) is 0 Å². The molecule has 0 spiro atoms. The van der Waals surface area contributed by atoms with Crippen LogP contribution in [0.4, 0.5) is 0 Å². The van der Waals surface area contributed by atoms with Gasteiger partial charge in [-0.1, -0.05) is 29.3 Å². The first-order valence-corrected chi connectivity index (χ1v) is 6.84. The molecule has 2 amide bonds. The summed E-state index contributed by atoms with van der Waals surface area (Å²) < 4.78 is 0. The molecule has 1 aromatic rings. The van der Waals surface area contributed by atoms with Crippen LogP contribution in [0.15, 0.2) is 28.4 Å². The molecule has 8 heteroatoms. The average Bonchev–Trinajstić information content (AvgIpc) is 2.74. The fourth-order valence-corrected chi connectivity index (χ4v) is 2.26. The van der Waals surface area contributed by atoms with Crippen molar-refractivity contribution in [3.05, 3.63) is 33.8 Å². The van der Waals surface area contributed by atoms with Gasteiger partial charge in [0.1, 0.15) is 0 Å². The maximum atomic E-state index is 11.7. The molecular formula is C13H12Cl2N4O2. The van der Waals surface area contributed by atoms with Gasteiger partial charge in [-0.15, -0.1) is 0 Å². The van der Waals surface area contributed by atoms with Crippen LogP contribution in [0.2, 0.25) is 10.0 Å². The molecule has 0 radical (unpaired) electrons. The summed E-state index contributed by atoms with van der Waals surface area (Å²) in [5, 5.41) is 8.42. The van der Waals surface area contributed by atoms with Gasteiger partial charge < -0.3 is 0 Å². The van der Waals surface area contributed by atoms with Crippen LogP contribution in [0.3, 0.4) is 0 Å². The maximum Gasteiger partial charge on any atom is 0.249 e. The van der Waals surface area contributed by atoms with E-state index in [1.54, 1.807) is 25.1 Å². The summed E-state index contributed by atoms with van der Waals surface area (Å²) in [6.45, 7) is 1.68. The molecule has 1 heterocycles. The molecule has 0 aliphatic carbocycles. The molecule has 2 N–H and O–H groups in total. The van der Waals surface area contributed by atoms with Crippen molar-refractivity contribution < 1.29 is 9.59 Å². The Morgan fingerprint density at radius 2 is 2.14 bits per heavy atom. The summed E-state index contributed by atoms with van der Waals surface area (Å²) in [4.78, 5) is 23.2. The van der Waals surface area contributed by atoms with Crippen LogP contribution >= 0.6 is 23.2 Å². The number of benzene rings is 1. The standard InChI is InChI=1S/C13H12Cl2N4O2/c1-7-8(13(21)19-17-7)5-12(20)18-16-6-9-10(14)3-2-4-11(9)15/h2-4,6,8H,5H2,1H3,(H,18,20)(H,19,21)/b16-6+. The Hall–Kier alpha value is -1.92. The predicted molar refractivity (Wildman–Crippen MR) is 81.6 cm³/mol. The summed E-state index contributed by atoms with van der Waals surface area (Å²) in [7, 11) is 0. The summed E-state index contributed by atoms with van der Waals surface area (Å²) in [6, 6.07) is 5.04. The molecule has 1 atom stereocenters. The summed E-state index contributed by atoms with van der Waals surface area (Å²) >= 11 is 11.9. The Morgan fingerprint density at radius 1 is 1.48 bits per heavy atom. The molecule has 1 aliphatic heterocycles. The highest BCUT2D eigenvalue weighted by Crippen LogP contribution is 2.22. The van der Waals surface area contributed by atoms with Crippen molar-refractivity contribution in [2.75, 3.05) is 0 Å². The van der Waals surface area contributed by atoms with Gasteiger partial charge in [0.05, 0.1) is 22.2 Å². The van der Waals surface area contributed by atoms with E-state index in [-0.39, 0.29) is 12.3 Å². The highest BCUT2D eigenvalue weighted by molar-refractivity contribution is 6.38. The molecule has 2 rings (SSSR count). The van der Waals surface area contributed by atoms with E-state index in [1.165, 1.54) is 6.21 Å². The smallest absolute Gasteiger partial charge is 0.249 e. The number of hydrogen-bond acceptors (Lipinski definition) is 4. The number of carbonyl (C=O) groups is 2. The fraction of sp³-hybridized carbons (Fsp3) is 0.231. The highest BCUT2D eigenvalue weighted by atomic mass is 35.5. The zero-order valence-electron chi connectivity index (χ0n) is 11.1. The van der Waals surface area contributed by atoms with Crippen molar-refractivity contribution in [2.45, 2.75) is 13.3 Å². The van der Waals surface area contributed by atoms with Gasteiger partial charge >= 0.3 is 0 Å². The van der Waals surface area contributed by atoms with Crippen LogP contribution in [0.25, 0.3) is 0 Å². The van der Waals surface area contributed by atoms with Gasteiger partial charge in [-0.25, -0.2) is 10.9 Å². The summed E-state index contributed by atoms with van der Waals surface area (Å²) in [5.74, 6) is -1.24. The lowest BCUT2D eigenvalue weighted by Gasteiger charge is -2.06. The Balaban J connectivity index is 1.94. The quantitative estimate of drug-likeness (QED) is 0.654. The van der Waals surface area contributed by atoms with Gasteiger partial charge in [-0.2, -0.15) is 10.2 Å². The van der Waals surface area contributed by atoms with Crippen LogP contribution in [-0.4, -0.2) is 23.7 Å². The van der Waals surface area contributed by atoms with Crippen LogP contribution in [0.5, 0.6) is 0 Å². The van der Waals surface area contributed by atoms with E-state index in [2.05, 4.69) is 21.1 Å². The third-order valence-corrected chi connectivity index (χ3v) is 3.59. The zero-order chi connectivity index (χ0) is 15.4. The van der Waals surface area contributed by atoms with E-state index >= 15 is 0 Å². The third kappa shape index (κ3) is 3.80. The number of hydrazone groups is 2. The number of rotatable bonds is 4. The first-order valence-electron chi connectivity index (χ1n) is 6.09. The average molecular weight is 327 g/mol. The normalized spacial score (nSPS) is 17.8. The summed E-state index contributed by atoms with van der Waals surface area (Å²) in [5.41, 5.74) is 5.74. The Bertz CT molecular complexity index is 623. The molecule has 0 fully saturated rings. The molecule has 21 heavy (non-hydrogen) atoms. The van der Waals surface area contributed by atoms with E-state index in [1.807, 2.05) is 0 Å². The number of nitrogens with one attached hydrogen (secondary N) is 2. The van der Waals surface area contributed by atoms with E-state index in [9.17, 15) is 9.59 Å². The molecule has 0 saturated carbocycles. The third-order valence-electron chi connectivity index (χ3n) is 2.94.